The first-order chi connectivity index (χ1) is 10.3. The molecule has 0 saturated heterocycles. The van der Waals surface area contributed by atoms with Crippen LogP contribution in [0.1, 0.15) is 51.0 Å². The highest BCUT2D eigenvalue weighted by atomic mass is 79.9. The molecule has 1 saturated carbocycles. The van der Waals surface area contributed by atoms with Gasteiger partial charge in [-0.15, -0.1) is 0 Å². The van der Waals surface area contributed by atoms with Gasteiger partial charge in [0.2, 0.25) is 5.91 Å². The van der Waals surface area contributed by atoms with Gasteiger partial charge in [0.25, 0.3) is 0 Å². The van der Waals surface area contributed by atoms with Gasteiger partial charge in [-0.1, -0.05) is 40.9 Å². The number of carboxylic acids is 1. The molecule has 22 heavy (non-hydrogen) atoms. The van der Waals surface area contributed by atoms with Crippen molar-refractivity contribution < 1.29 is 14.7 Å². The fourth-order valence-electron chi connectivity index (χ4n) is 3.17. The van der Waals surface area contributed by atoms with E-state index >= 15 is 0 Å². The van der Waals surface area contributed by atoms with E-state index in [1.807, 2.05) is 38.1 Å². The fraction of sp³-hybridized carbons (Fsp3) is 0.529. The van der Waals surface area contributed by atoms with Crippen LogP contribution >= 0.6 is 15.9 Å². The number of halogens is 1. The zero-order valence-corrected chi connectivity index (χ0v) is 14.5. The van der Waals surface area contributed by atoms with E-state index in [-0.39, 0.29) is 11.8 Å². The van der Waals surface area contributed by atoms with Crippen LogP contribution in [0.2, 0.25) is 0 Å². The van der Waals surface area contributed by atoms with E-state index in [1.54, 1.807) is 0 Å². The van der Waals surface area contributed by atoms with Gasteiger partial charge < -0.3 is 10.4 Å². The second kappa shape index (κ2) is 6.82. The van der Waals surface area contributed by atoms with Gasteiger partial charge in [0, 0.05) is 4.47 Å². The summed E-state index contributed by atoms with van der Waals surface area (Å²) in [4.78, 5) is 24.0. The third kappa shape index (κ3) is 3.69. The first kappa shape index (κ1) is 17.0. The molecule has 1 aromatic carbocycles. The Labute approximate surface area is 139 Å². The topological polar surface area (TPSA) is 66.4 Å². The predicted octanol–water partition coefficient (Wildman–Crippen LogP) is 3.70. The van der Waals surface area contributed by atoms with Gasteiger partial charge in [-0.3, -0.25) is 9.59 Å². The molecule has 0 heterocycles. The maximum Gasteiger partial charge on any atom is 0.308 e. The smallest absolute Gasteiger partial charge is 0.308 e. The van der Waals surface area contributed by atoms with Gasteiger partial charge >= 0.3 is 5.97 Å². The van der Waals surface area contributed by atoms with Crippen LogP contribution in [-0.2, 0) is 9.59 Å². The number of nitrogens with one attached hydrogen (secondary N) is 1. The van der Waals surface area contributed by atoms with E-state index in [2.05, 4.69) is 21.2 Å². The number of rotatable bonds is 4. The highest BCUT2D eigenvalue weighted by Crippen LogP contribution is 2.34. The molecule has 1 aromatic rings. The summed E-state index contributed by atoms with van der Waals surface area (Å²) in [6.07, 6.45) is 3.19. The molecule has 4 nitrogen and oxygen atoms in total. The normalized spacial score (nSPS) is 26.2. The Morgan fingerprint density at radius 2 is 1.95 bits per heavy atom. The lowest BCUT2D eigenvalue weighted by Crippen LogP contribution is -2.56. The number of benzene rings is 1. The molecule has 2 rings (SSSR count). The lowest BCUT2D eigenvalue weighted by atomic mass is 9.73. The van der Waals surface area contributed by atoms with E-state index in [9.17, 15) is 14.7 Å². The zero-order valence-electron chi connectivity index (χ0n) is 12.9. The SMILES string of the molecule is CC(C(=O)NC1(C)CCCCC1C(=O)O)c1ccc(Br)cc1. The van der Waals surface area contributed by atoms with Crippen molar-refractivity contribution in [1.82, 2.24) is 5.32 Å². The first-order valence-corrected chi connectivity index (χ1v) is 8.43. The Morgan fingerprint density at radius 1 is 1.32 bits per heavy atom. The quantitative estimate of drug-likeness (QED) is 0.852. The summed E-state index contributed by atoms with van der Waals surface area (Å²) in [5.74, 6) is -1.75. The van der Waals surface area contributed by atoms with Gasteiger partial charge in [-0.05, 0) is 44.4 Å². The molecule has 1 aliphatic rings. The highest BCUT2D eigenvalue weighted by molar-refractivity contribution is 9.10. The van der Waals surface area contributed by atoms with Crippen LogP contribution in [0.15, 0.2) is 28.7 Å². The molecule has 1 amide bonds. The lowest BCUT2D eigenvalue weighted by molar-refractivity contribution is -0.146. The van der Waals surface area contributed by atoms with Crippen molar-refractivity contribution in [2.24, 2.45) is 5.92 Å². The van der Waals surface area contributed by atoms with Crippen LogP contribution in [0.5, 0.6) is 0 Å². The Morgan fingerprint density at radius 3 is 2.55 bits per heavy atom. The second-order valence-electron chi connectivity index (χ2n) is 6.32. The lowest BCUT2D eigenvalue weighted by Gasteiger charge is -2.40. The first-order valence-electron chi connectivity index (χ1n) is 7.64. The van der Waals surface area contributed by atoms with Crippen LogP contribution in [0.3, 0.4) is 0 Å². The number of aliphatic carboxylic acids is 1. The predicted molar refractivity (Wildman–Crippen MR) is 88.7 cm³/mol. The third-order valence-electron chi connectivity index (χ3n) is 4.68. The number of hydrogen-bond acceptors (Lipinski definition) is 2. The van der Waals surface area contributed by atoms with Crippen molar-refractivity contribution in [3.8, 4) is 0 Å². The fourth-order valence-corrected chi connectivity index (χ4v) is 3.44. The standard InChI is InChI=1S/C17H22BrNO3/c1-11(12-6-8-13(18)9-7-12)15(20)19-17(2)10-4-3-5-14(17)16(21)22/h6-9,11,14H,3-5,10H2,1-2H3,(H,19,20)(H,21,22). The molecule has 0 spiro atoms. The molecule has 0 radical (unpaired) electrons. The summed E-state index contributed by atoms with van der Waals surface area (Å²) >= 11 is 3.38. The van der Waals surface area contributed by atoms with Gasteiger partial charge in [0.1, 0.15) is 0 Å². The molecule has 5 heteroatoms. The molecule has 3 atom stereocenters. The summed E-state index contributed by atoms with van der Waals surface area (Å²) in [6.45, 7) is 3.71. The minimum atomic E-state index is -0.821. The van der Waals surface area contributed by atoms with Gasteiger partial charge in [-0.25, -0.2) is 0 Å². The average molecular weight is 368 g/mol. The summed E-state index contributed by atoms with van der Waals surface area (Å²) in [5, 5.41) is 12.4. The summed E-state index contributed by atoms with van der Waals surface area (Å²) < 4.78 is 0.967. The van der Waals surface area contributed by atoms with E-state index in [4.69, 9.17) is 0 Å². The van der Waals surface area contributed by atoms with E-state index in [0.717, 1.165) is 22.9 Å². The van der Waals surface area contributed by atoms with E-state index < -0.39 is 17.4 Å². The number of carbonyl (C=O) groups is 2. The summed E-state index contributed by atoms with van der Waals surface area (Å²) in [5.41, 5.74) is 0.261. The van der Waals surface area contributed by atoms with Crippen molar-refractivity contribution in [3.63, 3.8) is 0 Å². The number of carboxylic acid groups (broad SMARTS) is 1. The molecule has 0 aliphatic heterocycles. The molecule has 120 valence electrons. The minimum absolute atomic E-state index is 0.113. The number of hydrogen-bond donors (Lipinski definition) is 2. The van der Waals surface area contributed by atoms with E-state index in [1.165, 1.54) is 0 Å². The van der Waals surface area contributed by atoms with Crippen molar-refractivity contribution in [2.45, 2.75) is 51.0 Å². The van der Waals surface area contributed by atoms with Crippen molar-refractivity contribution in [1.29, 1.82) is 0 Å². The number of carbonyl (C=O) groups excluding carboxylic acids is 1. The second-order valence-corrected chi connectivity index (χ2v) is 7.23. The molecular formula is C17H22BrNO3. The van der Waals surface area contributed by atoms with Gasteiger partial charge in [0.15, 0.2) is 0 Å². The largest absolute Gasteiger partial charge is 0.481 e. The van der Waals surface area contributed by atoms with Crippen LogP contribution in [0, 0.1) is 5.92 Å². The number of amides is 1. The van der Waals surface area contributed by atoms with Crippen LogP contribution in [-0.4, -0.2) is 22.5 Å². The average Bonchev–Trinajstić information content (AvgIpc) is 2.47. The highest BCUT2D eigenvalue weighted by Gasteiger charge is 2.42. The monoisotopic (exact) mass is 367 g/mol. The van der Waals surface area contributed by atoms with Crippen molar-refractivity contribution in [2.75, 3.05) is 0 Å². The molecule has 3 unspecified atom stereocenters. The van der Waals surface area contributed by atoms with Crippen molar-refractivity contribution >= 4 is 27.8 Å². The zero-order chi connectivity index (χ0) is 16.3. The van der Waals surface area contributed by atoms with Gasteiger partial charge in [0.05, 0.1) is 17.4 Å². The third-order valence-corrected chi connectivity index (χ3v) is 5.21. The van der Waals surface area contributed by atoms with Crippen LogP contribution < -0.4 is 5.32 Å². The molecule has 0 aromatic heterocycles. The molecule has 2 N–H and O–H groups in total. The Hall–Kier alpha value is -1.36. The maximum absolute atomic E-state index is 12.6. The van der Waals surface area contributed by atoms with Gasteiger partial charge in [-0.2, -0.15) is 0 Å². The van der Waals surface area contributed by atoms with Crippen LogP contribution in [0.4, 0.5) is 0 Å². The maximum atomic E-state index is 12.6. The van der Waals surface area contributed by atoms with Crippen molar-refractivity contribution in [3.05, 3.63) is 34.3 Å². The Balaban J connectivity index is 2.12. The van der Waals surface area contributed by atoms with Crippen LogP contribution in [0.25, 0.3) is 0 Å². The Kier molecular flexibility index (Phi) is 5.27. The molecule has 0 bridgehead atoms. The van der Waals surface area contributed by atoms with E-state index in [0.29, 0.717) is 12.8 Å². The summed E-state index contributed by atoms with van der Waals surface area (Å²) in [6, 6.07) is 7.63. The minimum Gasteiger partial charge on any atom is -0.481 e. The summed E-state index contributed by atoms with van der Waals surface area (Å²) in [7, 11) is 0. The molecule has 1 fully saturated rings. The molecule has 1 aliphatic carbocycles. The Bertz CT molecular complexity index is 558. The molecular weight excluding hydrogens is 346 g/mol.